The van der Waals surface area contributed by atoms with Gasteiger partial charge in [-0.2, -0.15) is 0 Å². The molecule has 0 atom stereocenters. The fourth-order valence-corrected chi connectivity index (χ4v) is 2.69. The number of unbranched alkanes of at least 4 members (excludes halogenated alkanes) is 13. The van der Waals surface area contributed by atoms with Crippen LogP contribution in [0.15, 0.2) is 0 Å². The van der Waals surface area contributed by atoms with Crippen molar-refractivity contribution in [3.05, 3.63) is 0 Å². The van der Waals surface area contributed by atoms with E-state index >= 15 is 0 Å². The van der Waals surface area contributed by atoms with Gasteiger partial charge in [-0.05, 0) is 0 Å². The standard InChI is InChI=1S/C16H33.Rh/c1-3-5-7-9-11-13-15-16-14-12-10-8-6-4-2;/h1,3-16H2,2H3;. The van der Waals surface area contributed by atoms with E-state index in [0.717, 1.165) is 0 Å². The first kappa shape index (κ1) is 17.6. The van der Waals surface area contributed by atoms with Gasteiger partial charge in [-0.3, -0.25) is 0 Å². The predicted octanol–water partition coefficient (Wildman–Crippen LogP) is 6.43. The molecule has 0 bridgehead atoms. The maximum absolute atomic E-state index is 2.99. The Morgan fingerprint density at radius 1 is 0.471 bits per heavy atom. The van der Waals surface area contributed by atoms with Gasteiger partial charge in [0.25, 0.3) is 0 Å². The third-order valence-electron chi connectivity index (χ3n) is 3.47. The molecule has 106 valence electrons. The van der Waals surface area contributed by atoms with E-state index in [0.29, 0.717) is 0 Å². The molecule has 0 aromatic carbocycles. The van der Waals surface area contributed by atoms with E-state index in [2.05, 4.69) is 25.2 Å². The summed E-state index contributed by atoms with van der Waals surface area (Å²) >= 11 is 2.99. The van der Waals surface area contributed by atoms with E-state index in [9.17, 15) is 0 Å². The summed E-state index contributed by atoms with van der Waals surface area (Å²) in [7, 11) is 0. The molecule has 0 saturated heterocycles. The fraction of sp³-hybridized carbons (Fsp3) is 1.00. The van der Waals surface area contributed by atoms with Crippen molar-refractivity contribution in [1.82, 2.24) is 0 Å². The molecule has 0 unspecified atom stereocenters. The third kappa shape index (κ3) is 16.6. The zero-order chi connectivity index (χ0) is 12.6. The number of hydrogen-bond acceptors (Lipinski definition) is 0. The van der Waals surface area contributed by atoms with Crippen LogP contribution in [-0.4, -0.2) is 0 Å². The molecule has 0 heterocycles. The van der Waals surface area contributed by atoms with Crippen molar-refractivity contribution in [2.75, 3.05) is 0 Å². The summed E-state index contributed by atoms with van der Waals surface area (Å²) < 4.78 is 0. The van der Waals surface area contributed by atoms with Crippen LogP contribution in [0, 0.1) is 0 Å². The molecule has 0 nitrogen and oxygen atoms in total. The van der Waals surface area contributed by atoms with Crippen molar-refractivity contribution in [3.8, 4) is 0 Å². The normalized spacial score (nSPS) is 11.0. The van der Waals surface area contributed by atoms with Crippen molar-refractivity contribution in [2.45, 2.75) is 102 Å². The van der Waals surface area contributed by atoms with Gasteiger partial charge in [-0.1, -0.05) is 26.2 Å². The van der Waals surface area contributed by atoms with Gasteiger partial charge < -0.3 is 0 Å². The topological polar surface area (TPSA) is 0 Å². The first-order valence-corrected chi connectivity index (χ1v) is 9.10. The average molecular weight is 328 g/mol. The molecule has 0 aromatic heterocycles. The molecule has 0 aliphatic rings. The van der Waals surface area contributed by atoms with E-state index in [1.807, 2.05) is 0 Å². The van der Waals surface area contributed by atoms with Crippen LogP contribution in [0.3, 0.4) is 0 Å². The molecular weight excluding hydrogens is 295 g/mol. The van der Waals surface area contributed by atoms with Crippen LogP contribution in [0.2, 0.25) is 5.02 Å². The van der Waals surface area contributed by atoms with Crippen molar-refractivity contribution in [3.63, 3.8) is 0 Å². The van der Waals surface area contributed by atoms with Gasteiger partial charge in [-0.15, -0.1) is 0 Å². The van der Waals surface area contributed by atoms with Crippen LogP contribution >= 0.6 is 0 Å². The Balaban J connectivity index is 2.85. The van der Waals surface area contributed by atoms with Crippen LogP contribution in [0.4, 0.5) is 0 Å². The SMILES string of the molecule is CCCCCCCCCCCCCCC[CH2][Rh]. The molecule has 0 aromatic rings. The molecule has 0 rings (SSSR count). The van der Waals surface area contributed by atoms with Gasteiger partial charge in [0.2, 0.25) is 0 Å². The minimum absolute atomic E-state index is 1.26. The Morgan fingerprint density at radius 2 is 0.765 bits per heavy atom. The molecule has 0 fully saturated rings. The minimum atomic E-state index is 1.26. The molecule has 0 amide bonds. The molecule has 0 spiro atoms. The van der Waals surface area contributed by atoms with Gasteiger partial charge in [0.15, 0.2) is 0 Å². The molecule has 0 radical (unpaired) electrons. The second kappa shape index (κ2) is 16.6. The Labute approximate surface area is 120 Å². The van der Waals surface area contributed by atoms with Gasteiger partial charge in [0.1, 0.15) is 0 Å². The summed E-state index contributed by atoms with van der Waals surface area (Å²) in [4.78, 5) is 0. The summed E-state index contributed by atoms with van der Waals surface area (Å²) in [6.45, 7) is 2.29. The van der Waals surface area contributed by atoms with Gasteiger partial charge in [-0.25, -0.2) is 0 Å². The third-order valence-corrected chi connectivity index (χ3v) is 4.05. The summed E-state index contributed by atoms with van der Waals surface area (Å²) in [6, 6.07) is 0. The predicted molar refractivity (Wildman–Crippen MR) is 75.1 cm³/mol. The first-order chi connectivity index (χ1) is 8.41. The van der Waals surface area contributed by atoms with Crippen LogP contribution in [0.5, 0.6) is 0 Å². The maximum atomic E-state index is 2.99. The van der Waals surface area contributed by atoms with Gasteiger partial charge in [0, 0.05) is 0 Å². The van der Waals surface area contributed by atoms with Crippen LogP contribution in [0.25, 0.3) is 0 Å². The van der Waals surface area contributed by atoms with Gasteiger partial charge >= 0.3 is 93.9 Å². The zero-order valence-corrected chi connectivity index (χ0v) is 13.6. The second-order valence-electron chi connectivity index (χ2n) is 5.26. The van der Waals surface area contributed by atoms with Crippen molar-refractivity contribution < 1.29 is 18.3 Å². The van der Waals surface area contributed by atoms with Crippen LogP contribution < -0.4 is 0 Å². The quantitative estimate of drug-likeness (QED) is 0.254. The molecule has 0 saturated carbocycles. The molecule has 0 aliphatic heterocycles. The summed E-state index contributed by atoms with van der Waals surface area (Å²) in [5.41, 5.74) is 0. The molecule has 0 aliphatic carbocycles. The summed E-state index contributed by atoms with van der Waals surface area (Å²) in [5.74, 6) is 0. The number of hydrogen-bond donors (Lipinski definition) is 0. The second-order valence-corrected chi connectivity index (χ2v) is 6.08. The Morgan fingerprint density at radius 3 is 1.06 bits per heavy atom. The van der Waals surface area contributed by atoms with Gasteiger partial charge in [0.05, 0.1) is 0 Å². The Hall–Kier alpha value is 0.623. The van der Waals surface area contributed by atoms with E-state index in [1.165, 1.54) is 94.9 Å². The van der Waals surface area contributed by atoms with Crippen molar-refractivity contribution >= 4 is 0 Å². The van der Waals surface area contributed by atoms with Crippen LogP contribution in [-0.2, 0) is 18.3 Å². The average Bonchev–Trinajstić information content (AvgIpc) is 2.35. The fourth-order valence-electron chi connectivity index (χ4n) is 2.28. The number of rotatable bonds is 14. The van der Waals surface area contributed by atoms with Crippen molar-refractivity contribution in [2.24, 2.45) is 0 Å². The summed E-state index contributed by atoms with van der Waals surface area (Å²) in [6.07, 6.45) is 20.4. The molecule has 1 heteroatoms. The van der Waals surface area contributed by atoms with Crippen LogP contribution in [0.1, 0.15) is 96.8 Å². The molecule has 0 N–H and O–H groups in total. The van der Waals surface area contributed by atoms with E-state index in [1.54, 1.807) is 0 Å². The monoisotopic (exact) mass is 328 g/mol. The zero-order valence-electron chi connectivity index (χ0n) is 11.9. The van der Waals surface area contributed by atoms with E-state index in [4.69, 9.17) is 0 Å². The summed E-state index contributed by atoms with van der Waals surface area (Å²) in [5, 5.41) is 1.26. The van der Waals surface area contributed by atoms with Crippen molar-refractivity contribution in [1.29, 1.82) is 0 Å². The first-order valence-electron chi connectivity index (χ1n) is 7.94. The molecule has 17 heavy (non-hydrogen) atoms. The van der Waals surface area contributed by atoms with E-state index < -0.39 is 0 Å². The Kier molecular flexibility index (Phi) is 17.2. The molecular formula is C16H33Rh. The Bertz CT molecular complexity index is 109. The van der Waals surface area contributed by atoms with E-state index in [-0.39, 0.29) is 0 Å².